The molecule has 0 spiro atoms. The molecule has 3 rings (SSSR count). The summed E-state index contributed by atoms with van der Waals surface area (Å²) in [5.41, 5.74) is 3.24. The minimum Gasteiger partial charge on any atom is -0.505 e. The Balaban J connectivity index is 2.12. The molecule has 0 aliphatic heterocycles. The van der Waals surface area contributed by atoms with Gasteiger partial charge in [-0.05, 0) is 18.6 Å². The highest BCUT2D eigenvalue weighted by atomic mass is 16.3. The van der Waals surface area contributed by atoms with Gasteiger partial charge in [-0.1, -0.05) is 61.9 Å². The van der Waals surface area contributed by atoms with E-state index in [0.717, 1.165) is 16.5 Å². The number of fused-ring (bicyclic) bond motifs is 1. The monoisotopic (exact) mass is 334 g/mol. The van der Waals surface area contributed by atoms with Gasteiger partial charge < -0.3 is 10.4 Å². The Morgan fingerprint density at radius 2 is 1.80 bits per heavy atom. The molecule has 3 aromatic rings. The second kappa shape index (κ2) is 6.93. The predicted molar refractivity (Wildman–Crippen MR) is 99.4 cm³/mol. The zero-order valence-electron chi connectivity index (χ0n) is 14.7. The molecule has 0 bridgehead atoms. The van der Waals surface area contributed by atoms with Crippen molar-refractivity contribution in [2.45, 2.75) is 26.8 Å². The van der Waals surface area contributed by atoms with Gasteiger partial charge in [0.15, 0.2) is 0 Å². The minimum absolute atomic E-state index is 0.0638. The number of phenolic OH excluding ortho intramolecular Hbond substituents is 1. The van der Waals surface area contributed by atoms with Gasteiger partial charge in [-0.25, -0.2) is 0 Å². The molecular weight excluding hydrogens is 312 g/mol. The molecule has 0 fully saturated rings. The number of benzene rings is 2. The topological polar surface area (TPSA) is 62.2 Å². The van der Waals surface area contributed by atoms with Crippen LogP contribution in [0.15, 0.2) is 54.7 Å². The molecule has 25 heavy (non-hydrogen) atoms. The lowest BCUT2D eigenvalue weighted by Crippen LogP contribution is -2.32. The van der Waals surface area contributed by atoms with Crippen molar-refractivity contribution in [3.63, 3.8) is 0 Å². The molecular formula is C21H22N2O2. The summed E-state index contributed by atoms with van der Waals surface area (Å²) in [6.45, 7) is 5.72. The standard InChI is InChI=1S/C21H22N2O2/c1-13(2)21(25)23-18(16-8-6-14(3)7-9-16)17-11-10-15-5-4-12-22-19(15)20(17)24/h4-13,18,24H,1-3H3,(H,23,25)/t18-/m0/s1. The van der Waals surface area contributed by atoms with Gasteiger partial charge in [-0.15, -0.1) is 0 Å². The zero-order chi connectivity index (χ0) is 18.0. The largest absolute Gasteiger partial charge is 0.505 e. The number of amides is 1. The number of pyridine rings is 1. The molecule has 4 heteroatoms. The van der Waals surface area contributed by atoms with Crippen LogP contribution in [0, 0.1) is 12.8 Å². The summed E-state index contributed by atoms with van der Waals surface area (Å²) >= 11 is 0. The van der Waals surface area contributed by atoms with Crippen LogP contribution in [-0.4, -0.2) is 16.0 Å². The van der Waals surface area contributed by atoms with Gasteiger partial charge in [0.1, 0.15) is 11.3 Å². The van der Waals surface area contributed by atoms with Crippen LogP contribution in [-0.2, 0) is 4.79 Å². The Kier molecular flexibility index (Phi) is 4.70. The first-order chi connectivity index (χ1) is 12.0. The number of carbonyl (C=O) groups excluding carboxylic acids is 1. The third kappa shape index (κ3) is 3.48. The van der Waals surface area contributed by atoms with E-state index in [-0.39, 0.29) is 17.6 Å². The van der Waals surface area contributed by atoms with E-state index in [4.69, 9.17) is 0 Å². The molecule has 2 N–H and O–H groups in total. The van der Waals surface area contributed by atoms with Crippen molar-refractivity contribution in [3.8, 4) is 5.75 Å². The maximum atomic E-state index is 12.3. The van der Waals surface area contributed by atoms with Gasteiger partial charge in [0.25, 0.3) is 0 Å². The van der Waals surface area contributed by atoms with E-state index in [1.165, 1.54) is 0 Å². The molecule has 0 radical (unpaired) electrons. The van der Waals surface area contributed by atoms with Crippen LogP contribution in [0.1, 0.15) is 36.6 Å². The van der Waals surface area contributed by atoms with Crippen molar-refractivity contribution in [1.29, 1.82) is 0 Å². The number of carbonyl (C=O) groups is 1. The molecule has 4 nitrogen and oxygen atoms in total. The fourth-order valence-corrected chi connectivity index (χ4v) is 2.79. The van der Waals surface area contributed by atoms with Gasteiger partial charge in [-0.2, -0.15) is 0 Å². The van der Waals surface area contributed by atoms with Crippen LogP contribution in [0.3, 0.4) is 0 Å². The van der Waals surface area contributed by atoms with Crippen molar-refractivity contribution in [1.82, 2.24) is 10.3 Å². The molecule has 1 atom stereocenters. The van der Waals surface area contributed by atoms with E-state index in [1.807, 2.05) is 69.3 Å². The van der Waals surface area contributed by atoms with Crippen molar-refractivity contribution < 1.29 is 9.90 Å². The van der Waals surface area contributed by atoms with Crippen molar-refractivity contribution in [2.24, 2.45) is 5.92 Å². The Labute approximate surface area is 147 Å². The summed E-state index contributed by atoms with van der Waals surface area (Å²) in [4.78, 5) is 16.6. The number of hydrogen-bond donors (Lipinski definition) is 2. The third-order valence-electron chi connectivity index (χ3n) is 4.31. The normalized spacial score (nSPS) is 12.3. The SMILES string of the molecule is Cc1ccc([C@H](NC(=O)C(C)C)c2ccc3cccnc3c2O)cc1. The van der Waals surface area contributed by atoms with Crippen molar-refractivity contribution in [3.05, 3.63) is 71.4 Å². The van der Waals surface area contributed by atoms with Gasteiger partial charge >= 0.3 is 0 Å². The molecule has 2 aromatic carbocycles. The molecule has 0 unspecified atom stereocenters. The molecule has 0 aliphatic rings. The lowest BCUT2D eigenvalue weighted by Gasteiger charge is -2.22. The summed E-state index contributed by atoms with van der Waals surface area (Å²) in [5.74, 6) is -0.104. The fraction of sp³-hybridized carbons (Fsp3) is 0.238. The number of nitrogens with one attached hydrogen (secondary N) is 1. The summed E-state index contributed by atoms with van der Waals surface area (Å²) in [6.07, 6.45) is 1.65. The van der Waals surface area contributed by atoms with E-state index < -0.39 is 6.04 Å². The van der Waals surface area contributed by atoms with Crippen LogP contribution >= 0.6 is 0 Å². The summed E-state index contributed by atoms with van der Waals surface area (Å²) in [6, 6.07) is 15.0. The molecule has 1 aromatic heterocycles. The highest BCUT2D eigenvalue weighted by Crippen LogP contribution is 2.34. The lowest BCUT2D eigenvalue weighted by atomic mass is 9.95. The number of aryl methyl sites for hydroxylation is 1. The smallest absolute Gasteiger partial charge is 0.223 e. The Bertz CT molecular complexity index is 901. The average Bonchev–Trinajstić information content (AvgIpc) is 2.61. The fourth-order valence-electron chi connectivity index (χ4n) is 2.79. The third-order valence-corrected chi connectivity index (χ3v) is 4.31. The maximum absolute atomic E-state index is 12.3. The maximum Gasteiger partial charge on any atom is 0.223 e. The van der Waals surface area contributed by atoms with E-state index >= 15 is 0 Å². The number of nitrogens with zero attached hydrogens (tertiary/aromatic N) is 1. The van der Waals surface area contributed by atoms with Crippen molar-refractivity contribution >= 4 is 16.8 Å². The van der Waals surface area contributed by atoms with E-state index in [0.29, 0.717) is 11.1 Å². The number of hydrogen-bond acceptors (Lipinski definition) is 3. The number of aromatic hydroxyl groups is 1. The highest BCUT2D eigenvalue weighted by Gasteiger charge is 2.22. The number of rotatable bonds is 4. The van der Waals surface area contributed by atoms with Gasteiger partial charge in [0.2, 0.25) is 5.91 Å². The lowest BCUT2D eigenvalue weighted by molar-refractivity contribution is -0.124. The average molecular weight is 334 g/mol. The van der Waals surface area contributed by atoms with E-state index in [9.17, 15) is 9.90 Å². The van der Waals surface area contributed by atoms with Crippen LogP contribution in [0.4, 0.5) is 0 Å². The Morgan fingerprint density at radius 1 is 1.08 bits per heavy atom. The highest BCUT2D eigenvalue weighted by molar-refractivity contribution is 5.86. The Hall–Kier alpha value is -2.88. The summed E-state index contributed by atoms with van der Waals surface area (Å²) in [5, 5.41) is 14.7. The van der Waals surface area contributed by atoms with Gasteiger partial charge in [0.05, 0.1) is 6.04 Å². The predicted octanol–water partition coefficient (Wildman–Crippen LogP) is 4.11. The molecule has 0 aliphatic carbocycles. The molecule has 128 valence electrons. The molecule has 0 saturated heterocycles. The van der Waals surface area contributed by atoms with Crippen molar-refractivity contribution in [2.75, 3.05) is 0 Å². The van der Waals surface area contributed by atoms with Crippen LogP contribution in [0.2, 0.25) is 0 Å². The van der Waals surface area contributed by atoms with E-state index in [1.54, 1.807) is 6.20 Å². The van der Waals surface area contributed by atoms with E-state index in [2.05, 4.69) is 10.3 Å². The second-order valence-electron chi connectivity index (χ2n) is 6.59. The van der Waals surface area contributed by atoms with Crippen LogP contribution < -0.4 is 5.32 Å². The van der Waals surface area contributed by atoms with Gasteiger partial charge in [0, 0.05) is 23.1 Å². The van der Waals surface area contributed by atoms with Crippen LogP contribution in [0.5, 0.6) is 5.75 Å². The minimum atomic E-state index is -0.429. The first-order valence-electron chi connectivity index (χ1n) is 8.41. The molecule has 1 amide bonds. The second-order valence-corrected chi connectivity index (χ2v) is 6.59. The Morgan fingerprint density at radius 3 is 2.48 bits per heavy atom. The molecule has 1 heterocycles. The zero-order valence-corrected chi connectivity index (χ0v) is 14.7. The van der Waals surface area contributed by atoms with Gasteiger partial charge in [-0.3, -0.25) is 9.78 Å². The quantitative estimate of drug-likeness (QED) is 0.755. The first-order valence-corrected chi connectivity index (χ1v) is 8.41. The van der Waals surface area contributed by atoms with Crippen LogP contribution in [0.25, 0.3) is 10.9 Å². The number of aromatic nitrogens is 1. The number of phenols is 1. The molecule has 0 saturated carbocycles. The summed E-state index contributed by atoms with van der Waals surface area (Å²) < 4.78 is 0. The summed E-state index contributed by atoms with van der Waals surface area (Å²) in [7, 11) is 0. The first kappa shape index (κ1) is 17.0.